The van der Waals surface area contributed by atoms with E-state index >= 15 is 0 Å². The third-order valence-electron chi connectivity index (χ3n) is 5.67. The molecule has 2 fully saturated rings. The second kappa shape index (κ2) is 7.53. The predicted octanol–water partition coefficient (Wildman–Crippen LogP) is 4.78. The molecule has 0 aliphatic heterocycles. The van der Waals surface area contributed by atoms with E-state index in [2.05, 4.69) is 6.92 Å². The molecule has 2 rings (SSSR count). The Morgan fingerprint density at radius 2 is 1.28 bits per heavy atom. The molecular weight excluding hydrogens is 220 g/mol. The van der Waals surface area contributed by atoms with Gasteiger partial charge < -0.3 is 5.11 Å². The average molecular weight is 252 g/mol. The first kappa shape index (κ1) is 14.4. The zero-order valence-electron chi connectivity index (χ0n) is 12.2. The Morgan fingerprint density at radius 3 is 1.72 bits per heavy atom. The second-order valence-corrected chi connectivity index (χ2v) is 6.89. The molecule has 0 heterocycles. The van der Waals surface area contributed by atoms with Crippen molar-refractivity contribution in [3.8, 4) is 0 Å². The molecule has 0 bridgehead atoms. The van der Waals surface area contributed by atoms with Crippen molar-refractivity contribution in [3.63, 3.8) is 0 Å². The largest absolute Gasteiger partial charge is 0.396 e. The van der Waals surface area contributed by atoms with E-state index in [0.717, 1.165) is 17.8 Å². The van der Waals surface area contributed by atoms with Crippen LogP contribution in [0, 0.1) is 23.7 Å². The summed E-state index contributed by atoms with van der Waals surface area (Å²) in [7, 11) is 0. The van der Waals surface area contributed by atoms with Gasteiger partial charge in [0.15, 0.2) is 0 Å². The highest BCUT2D eigenvalue weighted by molar-refractivity contribution is 4.81. The average Bonchev–Trinajstić information content (AvgIpc) is 2.46. The summed E-state index contributed by atoms with van der Waals surface area (Å²) in [5.74, 6) is 3.71. The molecule has 2 aliphatic carbocycles. The molecule has 18 heavy (non-hydrogen) atoms. The number of hydrogen-bond acceptors (Lipinski definition) is 1. The first-order valence-electron chi connectivity index (χ1n) is 8.44. The van der Waals surface area contributed by atoms with Gasteiger partial charge in [0, 0.05) is 6.61 Å². The molecule has 2 aliphatic rings. The van der Waals surface area contributed by atoms with Crippen LogP contribution in [0.2, 0.25) is 0 Å². The van der Waals surface area contributed by atoms with E-state index in [1.807, 2.05) is 0 Å². The molecule has 0 unspecified atom stereocenters. The van der Waals surface area contributed by atoms with E-state index in [1.165, 1.54) is 70.6 Å². The van der Waals surface area contributed by atoms with Crippen molar-refractivity contribution >= 4 is 0 Å². The van der Waals surface area contributed by atoms with E-state index in [1.54, 1.807) is 0 Å². The maximum atomic E-state index is 9.20. The number of rotatable bonds is 5. The molecule has 0 amide bonds. The standard InChI is InChI=1S/C17H32O/c1-2-3-4-14-5-9-16(10-6-14)17-11-7-15(13-18)8-12-17/h14-18H,2-13H2,1H3/t14-,15?,16-,17?. The number of hydrogen-bond donors (Lipinski definition) is 1. The van der Waals surface area contributed by atoms with Gasteiger partial charge in [-0.05, 0) is 62.2 Å². The fourth-order valence-electron chi connectivity index (χ4n) is 4.28. The van der Waals surface area contributed by atoms with Gasteiger partial charge in [-0.1, -0.05) is 39.0 Å². The maximum Gasteiger partial charge on any atom is 0.0459 e. The topological polar surface area (TPSA) is 20.2 Å². The van der Waals surface area contributed by atoms with Gasteiger partial charge in [-0.15, -0.1) is 0 Å². The lowest BCUT2D eigenvalue weighted by molar-refractivity contribution is 0.115. The summed E-state index contributed by atoms with van der Waals surface area (Å²) in [5.41, 5.74) is 0. The maximum absolute atomic E-state index is 9.20. The van der Waals surface area contributed by atoms with Crippen molar-refractivity contribution in [2.24, 2.45) is 23.7 Å². The SMILES string of the molecule is CCCC[C@H]1CC[C@H](C2CCC(CO)CC2)CC1. The molecule has 0 spiro atoms. The van der Waals surface area contributed by atoms with Crippen molar-refractivity contribution in [1.29, 1.82) is 0 Å². The first-order chi connectivity index (χ1) is 8.83. The number of aliphatic hydroxyl groups excluding tert-OH is 1. The van der Waals surface area contributed by atoms with Crippen molar-refractivity contribution in [1.82, 2.24) is 0 Å². The van der Waals surface area contributed by atoms with E-state index in [0.29, 0.717) is 12.5 Å². The molecule has 0 radical (unpaired) electrons. The molecular formula is C17H32O. The summed E-state index contributed by atoms with van der Waals surface area (Å²) in [6.07, 6.45) is 15.7. The van der Waals surface area contributed by atoms with Gasteiger partial charge in [-0.25, -0.2) is 0 Å². The summed E-state index contributed by atoms with van der Waals surface area (Å²) >= 11 is 0. The van der Waals surface area contributed by atoms with Crippen molar-refractivity contribution in [2.45, 2.75) is 77.6 Å². The molecule has 106 valence electrons. The summed E-state index contributed by atoms with van der Waals surface area (Å²) < 4.78 is 0. The van der Waals surface area contributed by atoms with E-state index in [-0.39, 0.29) is 0 Å². The Balaban J connectivity index is 1.67. The van der Waals surface area contributed by atoms with Crippen LogP contribution in [0.5, 0.6) is 0 Å². The Kier molecular flexibility index (Phi) is 6.01. The monoisotopic (exact) mass is 252 g/mol. The van der Waals surface area contributed by atoms with E-state index in [9.17, 15) is 5.11 Å². The Bertz CT molecular complexity index is 210. The Morgan fingerprint density at radius 1 is 0.778 bits per heavy atom. The minimum atomic E-state index is 0.427. The van der Waals surface area contributed by atoms with Crippen LogP contribution >= 0.6 is 0 Å². The summed E-state index contributed by atoms with van der Waals surface area (Å²) in [6, 6.07) is 0. The highest BCUT2D eigenvalue weighted by Gasteiger charge is 2.30. The fraction of sp³-hybridized carbons (Fsp3) is 1.00. The first-order valence-corrected chi connectivity index (χ1v) is 8.44. The van der Waals surface area contributed by atoms with Gasteiger partial charge in [0.25, 0.3) is 0 Å². The lowest BCUT2D eigenvalue weighted by atomic mass is 9.69. The van der Waals surface area contributed by atoms with Gasteiger partial charge in [0.1, 0.15) is 0 Å². The molecule has 1 N–H and O–H groups in total. The van der Waals surface area contributed by atoms with Crippen LogP contribution in [-0.2, 0) is 0 Å². The van der Waals surface area contributed by atoms with Crippen molar-refractivity contribution in [2.75, 3.05) is 6.61 Å². The van der Waals surface area contributed by atoms with Crippen LogP contribution in [0.3, 0.4) is 0 Å². The van der Waals surface area contributed by atoms with Crippen LogP contribution in [-0.4, -0.2) is 11.7 Å². The fourth-order valence-corrected chi connectivity index (χ4v) is 4.28. The predicted molar refractivity (Wildman–Crippen MR) is 77.5 cm³/mol. The van der Waals surface area contributed by atoms with E-state index < -0.39 is 0 Å². The number of aliphatic hydroxyl groups is 1. The molecule has 1 heteroatoms. The third kappa shape index (κ3) is 3.98. The van der Waals surface area contributed by atoms with Crippen LogP contribution in [0.25, 0.3) is 0 Å². The highest BCUT2D eigenvalue weighted by Crippen LogP contribution is 2.42. The van der Waals surface area contributed by atoms with Crippen molar-refractivity contribution < 1.29 is 5.11 Å². The highest BCUT2D eigenvalue weighted by atomic mass is 16.3. The summed E-state index contributed by atoms with van der Waals surface area (Å²) in [5, 5.41) is 9.20. The lowest BCUT2D eigenvalue weighted by Crippen LogP contribution is -2.26. The van der Waals surface area contributed by atoms with Crippen LogP contribution in [0.1, 0.15) is 77.6 Å². The molecule has 0 atom stereocenters. The number of unbranched alkanes of at least 4 members (excludes halogenated alkanes) is 1. The Hall–Kier alpha value is -0.0400. The van der Waals surface area contributed by atoms with Gasteiger partial charge in [-0.2, -0.15) is 0 Å². The minimum Gasteiger partial charge on any atom is -0.396 e. The van der Waals surface area contributed by atoms with E-state index in [4.69, 9.17) is 0 Å². The van der Waals surface area contributed by atoms with Crippen LogP contribution in [0.4, 0.5) is 0 Å². The molecule has 0 aromatic rings. The van der Waals surface area contributed by atoms with Crippen molar-refractivity contribution in [3.05, 3.63) is 0 Å². The quantitative estimate of drug-likeness (QED) is 0.746. The van der Waals surface area contributed by atoms with Gasteiger partial charge in [-0.3, -0.25) is 0 Å². The lowest BCUT2D eigenvalue weighted by Gasteiger charge is -2.37. The normalized spacial score (nSPS) is 37.7. The Labute approximate surface area is 113 Å². The molecule has 0 aromatic heterocycles. The molecule has 2 saturated carbocycles. The molecule has 0 aromatic carbocycles. The minimum absolute atomic E-state index is 0.427. The van der Waals surface area contributed by atoms with Crippen LogP contribution < -0.4 is 0 Å². The smallest absolute Gasteiger partial charge is 0.0459 e. The zero-order valence-corrected chi connectivity index (χ0v) is 12.2. The second-order valence-electron chi connectivity index (χ2n) is 6.89. The molecule has 0 saturated heterocycles. The zero-order chi connectivity index (χ0) is 12.8. The summed E-state index contributed by atoms with van der Waals surface area (Å²) in [6.45, 7) is 2.74. The van der Waals surface area contributed by atoms with Gasteiger partial charge in [0.05, 0.1) is 0 Å². The molecule has 1 nitrogen and oxygen atoms in total. The summed E-state index contributed by atoms with van der Waals surface area (Å²) in [4.78, 5) is 0. The third-order valence-corrected chi connectivity index (χ3v) is 5.67. The van der Waals surface area contributed by atoms with Crippen LogP contribution in [0.15, 0.2) is 0 Å². The van der Waals surface area contributed by atoms with Gasteiger partial charge >= 0.3 is 0 Å². The van der Waals surface area contributed by atoms with Gasteiger partial charge in [0.2, 0.25) is 0 Å².